The number of halogens is 1. The predicted octanol–water partition coefficient (Wildman–Crippen LogP) is 1.42. The molecule has 0 saturated heterocycles. The van der Waals surface area contributed by atoms with Crippen LogP contribution in [0.15, 0.2) is 15.5 Å². The third kappa shape index (κ3) is 0.903. The summed E-state index contributed by atoms with van der Waals surface area (Å²) in [4.78, 5) is 4.16. The second-order valence-corrected chi connectivity index (χ2v) is 1.81. The molecule has 0 aliphatic carbocycles. The van der Waals surface area contributed by atoms with Gasteiger partial charge in [0.05, 0.1) is 0 Å². The molecule has 0 saturated carbocycles. The first-order valence-electron chi connectivity index (χ1n) is 1.90. The van der Waals surface area contributed by atoms with Gasteiger partial charge in [-0.3, -0.25) is 0 Å². The van der Waals surface area contributed by atoms with Crippen LogP contribution in [-0.2, 0) is 0 Å². The van der Waals surface area contributed by atoms with E-state index in [1.54, 1.807) is 0 Å². The minimum atomic E-state index is 0.422. The average Bonchev–Trinajstić information content (AvgIpc) is 2.14. The van der Waals surface area contributed by atoms with E-state index in [4.69, 9.17) is 10.8 Å². The number of oxazole rings is 1. The van der Waals surface area contributed by atoms with Crippen molar-refractivity contribution < 1.29 is 4.42 Å². The molecule has 0 unspecified atom stereocenters. The molecule has 1 aromatic rings. The van der Waals surface area contributed by atoms with Crippen molar-refractivity contribution >= 4 is 15.9 Å². The van der Waals surface area contributed by atoms with Gasteiger partial charge >= 0.3 is 0 Å². The summed E-state index contributed by atoms with van der Waals surface area (Å²) in [6, 6.07) is 0. The lowest BCUT2D eigenvalue weighted by atomic mass is 10.5. The third-order valence-corrected chi connectivity index (χ3v) is 0.988. The molecule has 2 nitrogen and oxygen atoms in total. The molecule has 0 radical (unpaired) electrons. The Morgan fingerprint density at radius 3 is 2.88 bits per heavy atom. The number of aromatic nitrogens is 1. The lowest BCUT2D eigenvalue weighted by Gasteiger charge is -1.66. The van der Waals surface area contributed by atoms with E-state index in [0.29, 0.717) is 10.5 Å². The SMILES string of the molecule is C#Cc1coc(Br)n1. The molecule has 0 bridgehead atoms. The first-order valence-corrected chi connectivity index (χ1v) is 2.70. The van der Waals surface area contributed by atoms with Gasteiger partial charge in [0, 0.05) is 15.9 Å². The van der Waals surface area contributed by atoms with Crippen LogP contribution in [0.25, 0.3) is 0 Å². The van der Waals surface area contributed by atoms with Gasteiger partial charge in [0.1, 0.15) is 6.26 Å². The molecule has 0 fully saturated rings. The molecule has 8 heavy (non-hydrogen) atoms. The van der Waals surface area contributed by atoms with Gasteiger partial charge in [0.25, 0.3) is 4.80 Å². The summed E-state index contributed by atoms with van der Waals surface area (Å²) in [5.74, 6) is 2.31. The van der Waals surface area contributed by atoms with Gasteiger partial charge in [0.15, 0.2) is 5.69 Å². The van der Waals surface area contributed by atoms with Crippen molar-refractivity contribution in [1.29, 1.82) is 0 Å². The van der Waals surface area contributed by atoms with Gasteiger partial charge in [-0.05, 0) is 5.92 Å². The van der Waals surface area contributed by atoms with E-state index in [2.05, 4.69) is 26.8 Å². The highest BCUT2D eigenvalue weighted by molar-refractivity contribution is 9.10. The lowest BCUT2D eigenvalue weighted by molar-refractivity contribution is 0.528. The highest BCUT2D eigenvalue weighted by atomic mass is 79.9. The topological polar surface area (TPSA) is 26.0 Å². The first kappa shape index (κ1) is 5.39. The first-order chi connectivity index (χ1) is 3.83. The van der Waals surface area contributed by atoms with Crippen LogP contribution in [0.4, 0.5) is 0 Å². The number of rotatable bonds is 0. The Balaban J connectivity index is 3.05. The number of hydrogen-bond acceptors (Lipinski definition) is 2. The Morgan fingerprint density at radius 1 is 1.88 bits per heavy atom. The molecule has 1 heterocycles. The van der Waals surface area contributed by atoms with Crippen LogP contribution in [0.5, 0.6) is 0 Å². The molecule has 0 aliphatic rings. The summed E-state index contributed by atoms with van der Waals surface area (Å²) in [5, 5.41) is 0. The van der Waals surface area contributed by atoms with Crippen molar-refractivity contribution in [2.24, 2.45) is 0 Å². The summed E-state index contributed by atoms with van der Waals surface area (Å²) >= 11 is 3.00. The summed E-state index contributed by atoms with van der Waals surface area (Å²) in [5.41, 5.74) is 0.511. The van der Waals surface area contributed by atoms with E-state index in [1.807, 2.05) is 0 Å². The Hall–Kier alpha value is -0.750. The largest absolute Gasteiger partial charge is 0.438 e. The summed E-state index contributed by atoms with van der Waals surface area (Å²) in [6.07, 6.45) is 6.38. The molecule has 0 aliphatic heterocycles. The van der Waals surface area contributed by atoms with Crippen molar-refractivity contribution in [2.75, 3.05) is 0 Å². The standard InChI is InChI=1S/C5H2BrNO/c1-2-4-3-8-5(6)7-4/h1,3H. The fourth-order valence-electron chi connectivity index (χ4n) is 0.318. The van der Waals surface area contributed by atoms with E-state index < -0.39 is 0 Å². The Labute approximate surface area is 55.0 Å². The number of hydrogen-bond donors (Lipinski definition) is 0. The van der Waals surface area contributed by atoms with Crippen LogP contribution in [0, 0.1) is 12.3 Å². The summed E-state index contributed by atoms with van der Waals surface area (Å²) < 4.78 is 4.72. The van der Waals surface area contributed by atoms with Crippen LogP contribution in [-0.4, -0.2) is 4.98 Å². The van der Waals surface area contributed by atoms with Crippen LogP contribution in [0.1, 0.15) is 5.69 Å². The monoisotopic (exact) mass is 171 g/mol. The van der Waals surface area contributed by atoms with Crippen LogP contribution in [0.3, 0.4) is 0 Å². The minimum Gasteiger partial charge on any atom is -0.438 e. The molecule has 0 spiro atoms. The highest BCUT2D eigenvalue weighted by Crippen LogP contribution is 2.06. The van der Waals surface area contributed by atoms with E-state index in [9.17, 15) is 0 Å². The van der Waals surface area contributed by atoms with E-state index in [-0.39, 0.29) is 0 Å². The van der Waals surface area contributed by atoms with Crippen molar-refractivity contribution in [3.05, 3.63) is 16.8 Å². The second-order valence-electron chi connectivity index (χ2n) is 1.13. The molecule has 0 aromatic carbocycles. The Bertz CT molecular complexity index is 223. The fraction of sp³-hybridized carbons (Fsp3) is 0. The van der Waals surface area contributed by atoms with Gasteiger partial charge in [-0.25, -0.2) is 0 Å². The molecule has 0 amide bonds. The van der Waals surface area contributed by atoms with Crippen LogP contribution < -0.4 is 0 Å². The molecule has 1 aromatic heterocycles. The van der Waals surface area contributed by atoms with E-state index in [1.165, 1.54) is 6.26 Å². The summed E-state index contributed by atoms with van der Waals surface area (Å²) in [6.45, 7) is 0. The summed E-state index contributed by atoms with van der Waals surface area (Å²) in [7, 11) is 0. The Kier molecular flexibility index (Phi) is 1.36. The molecule has 0 N–H and O–H groups in total. The molecular weight excluding hydrogens is 170 g/mol. The Morgan fingerprint density at radius 2 is 2.62 bits per heavy atom. The van der Waals surface area contributed by atoms with Gasteiger partial charge in [-0.1, -0.05) is 0 Å². The van der Waals surface area contributed by atoms with Gasteiger partial charge in [-0.2, -0.15) is 4.98 Å². The van der Waals surface area contributed by atoms with Crippen molar-refractivity contribution in [1.82, 2.24) is 4.98 Å². The van der Waals surface area contributed by atoms with Crippen molar-refractivity contribution in [3.63, 3.8) is 0 Å². The third-order valence-electron chi connectivity index (χ3n) is 0.624. The van der Waals surface area contributed by atoms with Gasteiger partial charge in [-0.15, -0.1) is 6.42 Å². The fourth-order valence-corrected chi connectivity index (χ4v) is 0.603. The lowest BCUT2D eigenvalue weighted by Crippen LogP contribution is -1.66. The molecule has 3 heteroatoms. The zero-order chi connectivity index (χ0) is 5.98. The zero-order valence-electron chi connectivity index (χ0n) is 3.89. The smallest absolute Gasteiger partial charge is 0.265 e. The van der Waals surface area contributed by atoms with Gasteiger partial charge in [0.2, 0.25) is 0 Å². The highest BCUT2D eigenvalue weighted by Gasteiger charge is 1.92. The predicted molar refractivity (Wildman–Crippen MR) is 32.1 cm³/mol. The number of nitrogens with zero attached hydrogens (tertiary/aromatic N) is 1. The maximum atomic E-state index is 4.97. The van der Waals surface area contributed by atoms with E-state index >= 15 is 0 Å². The molecule has 0 atom stereocenters. The van der Waals surface area contributed by atoms with Gasteiger partial charge < -0.3 is 4.42 Å². The molecule has 1 rings (SSSR count). The normalized spacial score (nSPS) is 8.50. The van der Waals surface area contributed by atoms with Crippen molar-refractivity contribution in [3.8, 4) is 12.3 Å². The molecule has 40 valence electrons. The maximum absolute atomic E-state index is 4.97. The van der Waals surface area contributed by atoms with Crippen LogP contribution >= 0.6 is 15.9 Å². The van der Waals surface area contributed by atoms with Crippen molar-refractivity contribution in [2.45, 2.75) is 0 Å². The second kappa shape index (κ2) is 2.01. The average molecular weight is 172 g/mol. The van der Waals surface area contributed by atoms with Crippen LogP contribution in [0.2, 0.25) is 0 Å². The van der Waals surface area contributed by atoms with E-state index in [0.717, 1.165) is 0 Å². The minimum absolute atomic E-state index is 0.422. The maximum Gasteiger partial charge on any atom is 0.265 e. The molecular formula is C5H2BrNO. The number of terminal acetylenes is 1. The quantitative estimate of drug-likeness (QED) is 0.553. The zero-order valence-corrected chi connectivity index (χ0v) is 5.47.